The fourth-order valence-corrected chi connectivity index (χ4v) is 6.57. The van der Waals surface area contributed by atoms with Gasteiger partial charge in [0.2, 0.25) is 0 Å². The predicted molar refractivity (Wildman–Crippen MR) is 190 cm³/mol. The molecule has 6 aromatic rings. The molecule has 0 unspecified atom stereocenters. The average Bonchev–Trinajstić information content (AvgIpc) is 3.01. The van der Waals surface area contributed by atoms with Gasteiger partial charge >= 0.3 is 5.97 Å². The monoisotopic (exact) mass is 818 g/mol. The Bertz CT molecular complexity index is 1980. The summed E-state index contributed by atoms with van der Waals surface area (Å²) in [4.78, 5) is 13.0. The van der Waals surface area contributed by atoms with Crippen molar-refractivity contribution >= 4 is 80.5 Å². The van der Waals surface area contributed by atoms with Gasteiger partial charge in [0.15, 0.2) is 0 Å². The second-order valence-electron chi connectivity index (χ2n) is 9.93. The van der Waals surface area contributed by atoms with E-state index in [0.717, 1.165) is 67.8 Å². The van der Waals surface area contributed by atoms with Crippen molar-refractivity contribution in [2.45, 2.75) is 0 Å². The number of aromatic carboxylic acids is 1. The zero-order valence-corrected chi connectivity index (χ0v) is 29.0. The van der Waals surface area contributed by atoms with E-state index in [1.165, 1.54) is 0 Å². The van der Waals surface area contributed by atoms with E-state index in [-0.39, 0.29) is 5.56 Å². The first-order valence-corrected chi connectivity index (χ1v) is 16.4. The number of methoxy groups -OCH3 is 1. The molecule has 7 heteroatoms. The van der Waals surface area contributed by atoms with Gasteiger partial charge in [0.05, 0.1) is 12.7 Å². The molecule has 0 aliphatic heterocycles. The van der Waals surface area contributed by atoms with Crippen molar-refractivity contribution in [3.8, 4) is 50.3 Å². The van der Waals surface area contributed by atoms with Crippen LogP contribution in [0.1, 0.15) is 10.4 Å². The summed E-state index contributed by atoms with van der Waals surface area (Å²) in [5.74, 6) is -0.551. The fourth-order valence-electron chi connectivity index (χ4n) is 5.51. The molecule has 0 aromatic heterocycles. The lowest BCUT2D eigenvalue weighted by molar-refractivity contribution is 0.0698. The van der Waals surface area contributed by atoms with Crippen LogP contribution in [0.15, 0.2) is 127 Å². The minimum Gasteiger partial charge on any atom is -0.497 e. The van der Waals surface area contributed by atoms with Gasteiger partial charge in [-0.25, -0.2) is 4.79 Å². The zero-order chi connectivity index (χ0) is 30.2. The SMILES string of the molecule is COc1cc(C(=O)O)c2c(-c3ccc(Br)cc3)c(-c3ccc(Br)cc3)c(-c3ccc(Br)cc3)c(-c3ccc(Br)cc3)c2c1. The molecule has 0 saturated heterocycles. The number of carbonyl (C=O) groups is 1. The van der Waals surface area contributed by atoms with Gasteiger partial charge in [-0.15, -0.1) is 0 Å². The zero-order valence-electron chi connectivity index (χ0n) is 22.7. The molecule has 0 aliphatic carbocycles. The molecule has 0 bridgehead atoms. The smallest absolute Gasteiger partial charge is 0.336 e. The molecular formula is C36H22Br4O3. The molecule has 43 heavy (non-hydrogen) atoms. The summed E-state index contributed by atoms with van der Waals surface area (Å²) in [5.41, 5.74) is 7.68. The lowest BCUT2D eigenvalue weighted by atomic mass is 9.78. The Morgan fingerprint density at radius 2 is 0.884 bits per heavy atom. The highest BCUT2D eigenvalue weighted by atomic mass is 79.9. The third-order valence-corrected chi connectivity index (χ3v) is 9.49. The standard InChI is InChI=1S/C36H22Br4O3/c1-43-28-18-29-31(20-2-10-24(37)11-3-20)32(21-4-12-25(38)13-5-21)33(22-6-14-26(39)15-7-22)34(23-8-16-27(40)17-9-23)35(29)30(19-28)36(41)42/h2-19H,1H3,(H,41,42). The average molecular weight is 822 g/mol. The van der Waals surface area contributed by atoms with E-state index < -0.39 is 5.97 Å². The predicted octanol–water partition coefficient (Wildman–Crippen LogP) is 12.3. The van der Waals surface area contributed by atoms with Gasteiger partial charge in [-0.05, 0) is 111 Å². The Balaban J connectivity index is 1.96. The van der Waals surface area contributed by atoms with Crippen LogP contribution in [-0.4, -0.2) is 18.2 Å². The van der Waals surface area contributed by atoms with Crippen molar-refractivity contribution in [2.24, 2.45) is 0 Å². The maximum Gasteiger partial charge on any atom is 0.336 e. The van der Waals surface area contributed by atoms with E-state index in [9.17, 15) is 9.90 Å². The number of rotatable bonds is 6. The number of carboxylic acids is 1. The molecule has 3 nitrogen and oxygen atoms in total. The van der Waals surface area contributed by atoms with Crippen LogP contribution in [-0.2, 0) is 0 Å². The second kappa shape index (κ2) is 12.4. The van der Waals surface area contributed by atoms with Gasteiger partial charge < -0.3 is 9.84 Å². The van der Waals surface area contributed by atoms with Crippen molar-refractivity contribution < 1.29 is 14.6 Å². The molecule has 6 rings (SSSR count). The molecular weight excluding hydrogens is 800 g/mol. The van der Waals surface area contributed by atoms with Crippen molar-refractivity contribution in [3.63, 3.8) is 0 Å². The molecule has 0 amide bonds. The largest absolute Gasteiger partial charge is 0.497 e. The van der Waals surface area contributed by atoms with Crippen molar-refractivity contribution in [1.29, 1.82) is 0 Å². The fraction of sp³-hybridized carbons (Fsp3) is 0.0278. The minimum absolute atomic E-state index is 0.173. The Hall–Kier alpha value is -3.23. The Labute approximate surface area is 283 Å². The van der Waals surface area contributed by atoms with Gasteiger partial charge in [0.25, 0.3) is 0 Å². The molecule has 212 valence electrons. The third kappa shape index (κ3) is 5.84. The summed E-state index contributed by atoms with van der Waals surface area (Å²) in [5, 5.41) is 12.1. The summed E-state index contributed by atoms with van der Waals surface area (Å²) in [6.45, 7) is 0. The highest BCUT2D eigenvalue weighted by molar-refractivity contribution is 9.11. The van der Waals surface area contributed by atoms with Crippen LogP contribution >= 0.6 is 63.7 Å². The molecule has 6 aromatic carbocycles. The van der Waals surface area contributed by atoms with Crippen LogP contribution in [0.5, 0.6) is 5.75 Å². The van der Waals surface area contributed by atoms with Crippen LogP contribution in [0.25, 0.3) is 55.3 Å². The van der Waals surface area contributed by atoms with Gasteiger partial charge in [-0.1, -0.05) is 112 Å². The molecule has 0 heterocycles. The topological polar surface area (TPSA) is 46.5 Å². The Kier molecular flexibility index (Phi) is 8.60. The van der Waals surface area contributed by atoms with Crippen molar-refractivity contribution in [1.82, 2.24) is 0 Å². The first kappa shape index (κ1) is 29.8. The van der Waals surface area contributed by atoms with E-state index in [4.69, 9.17) is 4.74 Å². The van der Waals surface area contributed by atoms with Crippen LogP contribution < -0.4 is 4.74 Å². The van der Waals surface area contributed by atoms with Gasteiger partial charge in [0, 0.05) is 23.3 Å². The number of benzene rings is 6. The highest BCUT2D eigenvalue weighted by Gasteiger charge is 2.27. The number of halogens is 4. The van der Waals surface area contributed by atoms with Gasteiger partial charge in [-0.2, -0.15) is 0 Å². The normalized spacial score (nSPS) is 11.1. The summed E-state index contributed by atoms with van der Waals surface area (Å²) < 4.78 is 9.50. The number of hydrogen-bond donors (Lipinski definition) is 1. The first-order valence-electron chi connectivity index (χ1n) is 13.2. The van der Waals surface area contributed by atoms with Crippen molar-refractivity contribution in [3.05, 3.63) is 133 Å². The van der Waals surface area contributed by atoms with Gasteiger partial charge in [0.1, 0.15) is 5.75 Å². The summed E-state index contributed by atoms with van der Waals surface area (Å²) >= 11 is 14.4. The molecule has 1 N–H and O–H groups in total. The van der Waals surface area contributed by atoms with Crippen LogP contribution in [0, 0.1) is 0 Å². The van der Waals surface area contributed by atoms with E-state index in [1.54, 1.807) is 13.2 Å². The maximum absolute atomic E-state index is 13.0. The quantitative estimate of drug-likeness (QED) is 0.182. The number of fused-ring (bicyclic) bond motifs is 1. The second-order valence-corrected chi connectivity index (χ2v) is 13.6. The summed E-state index contributed by atoms with van der Waals surface area (Å²) in [6.07, 6.45) is 0. The number of ether oxygens (including phenoxy) is 1. The van der Waals surface area contributed by atoms with Crippen LogP contribution in [0.2, 0.25) is 0 Å². The summed E-state index contributed by atoms with van der Waals surface area (Å²) in [6, 6.07) is 36.2. The first-order chi connectivity index (χ1) is 20.7. The van der Waals surface area contributed by atoms with Crippen molar-refractivity contribution in [2.75, 3.05) is 7.11 Å². The molecule has 0 aliphatic rings. The van der Waals surface area contributed by atoms with Gasteiger partial charge in [-0.3, -0.25) is 0 Å². The van der Waals surface area contributed by atoms with E-state index in [0.29, 0.717) is 11.1 Å². The maximum atomic E-state index is 13.0. The molecule has 0 spiro atoms. The molecule has 0 saturated carbocycles. The lowest BCUT2D eigenvalue weighted by Crippen LogP contribution is -2.04. The van der Waals surface area contributed by atoms with E-state index in [1.807, 2.05) is 66.7 Å². The van der Waals surface area contributed by atoms with Crippen LogP contribution in [0.3, 0.4) is 0 Å². The Morgan fingerprint density at radius 1 is 0.535 bits per heavy atom. The van der Waals surface area contributed by atoms with Crippen LogP contribution in [0.4, 0.5) is 0 Å². The Morgan fingerprint density at radius 3 is 1.26 bits per heavy atom. The molecule has 0 atom stereocenters. The molecule has 0 radical (unpaired) electrons. The van der Waals surface area contributed by atoms with E-state index >= 15 is 0 Å². The third-order valence-electron chi connectivity index (χ3n) is 7.38. The van der Waals surface area contributed by atoms with E-state index in [2.05, 4.69) is 100 Å². The summed E-state index contributed by atoms with van der Waals surface area (Å²) in [7, 11) is 1.56. The lowest BCUT2D eigenvalue weighted by Gasteiger charge is -2.25. The number of carboxylic acid groups (broad SMARTS) is 1. The highest BCUT2D eigenvalue weighted by Crippen LogP contribution is 2.52. The molecule has 0 fully saturated rings. The minimum atomic E-state index is -1.03. The number of hydrogen-bond acceptors (Lipinski definition) is 2.